The summed E-state index contributed by atoms with van der Waals surface area (Å²) in [6.07, 6.45) is 2.44. The summed E-state index contributed by atoms with van der Waals surface area (Å²) < 4.78 is 16.6. The summed E-state index contributed by atoms with van der Waals surface area (Å²) in [5, 5.41) is 2.63. The van der Waals surface area contributed by atoms with Gasteiger partial charge < -0.3 is 24.8 Å². The molecule has 0 unspecified atom stereocenters. The lowest BCUT2D eigenvalue weighted by Crippen LogP contribution is -2.40. The van der Waals surface area contributed by atoms with Gasteiger partial charge in [-0.05, 0) is 42.2 Å². The number of halogens is 1. The van der Waals surface area contributed by atoms with Gasteiger partial charge in [0.15, 0.2) is 5.96 Å². The highest BCUT2D eigenvalue weighted by atomic mass is 35.5. The predicted molar refractivity (Wildman–Crippen MR) is 151 cm³/mol. The number of hydrogen-bond donors (Lipinski definition) is 2. The number of aryl methyl sites for hydroxylation is 1. The number of carbonyl (C=O) groups excluding carboxylic acids is 2. The molecule has 10 heteroatoms. The molecule has 0 aliphatic carbocycles. The molecule has 0 saturated carbocycles. The van der Waals surface area contributed by atoms with Crippen LogP contribution < -0.4 is 15.8 Å². The lowest BCUT2D eigenvalue weighted by atomic mass is 9.99. The smallest absolute Gasteiger partial charge is 0.254 e. The van der Waals surface area contributed by atoms with Crippen molar-refractivity contribution in [3.63, 3.8) is 0 Å². The quantitative estimate of drug-likeness (QED) is 0.239. The van der Waals surface area contributed by atoms with Gasteiger partial charge in [-0.1, -0.05) is 31.2 Å². The normalized spacial score (nSPS) is 13.5. The summed E-state index contributed by atoms with van der Waals surface area (Å²) in [4.78, 5) is 31.0. The van der Waals surface area contributed by atoms with Gasteiger partial charge in [-0.25, -0.2) is 0 Å². The van der Waals surface area contributed by atoms with E-state index in [1.54, 1.807) is 7.11 Å². The van der Waals surface area contributed by atoms with Gasteiger partial charge in [0.1, 0.15) is 5.75 Å². The summed E-state index contributed by atoms with van der Waals surface area (Å²) in [6.45, 7) is 6.05. The molecule has 0 spiro atoms. The van der Waals surface area contributed by atoms with Crippen LogP contribution in [0, 0.1) is 0 Å². The molecule has 1 aliphatic heterocycles. The zero-order chi connectivity index (χ0) is 26.5. The SMILES string of the molecule is CCCN=C(N)NC(=O)CCc1ccc(-c2ccc(C(=O)N3CCOCC3)cc2)c(OCCCOC)c1.Cl. The van der Waals surface area contributed by atoms with Crippen molar-refractivity contribution in [3.8, 4) is 16.9 Å². The van der Waals surface area contributed by atoms with E-state index in [0.29, 0.717) is 58.0 Å². The van der Waals surface area contributed by atoms with E-state index in [9.17, 15) is 9.59 Å². The average Bonchev–Trinajstić information content (AvgIpc) is 2.93. The van der Waals surface area contributed by atoms with Crippen LogP contribution in [0.15, 0.2) is 47.5 Å². The first-order chi connectivity index (χ1) is 18.0. The number of amides is 2. The van der Waals surface area contributed by atoms with Crippen molar-refractivity contribution < 1.29 is 23.8 Å². The molecule has 1 fully saturated rings. The standard InChI is InChI=1S/C28H38N4O5.ClH/c1-3-13-30-28(29)31-26(33)12-6-21-5-11-24(25(20-21)37-17-4-16-35-2)22-7-9-23(10-8-22)27(34)32-14-18-36-19-15-32;/h5,7-11,20H,3-4,6,12-19H2,1-2H3,(H3,29,30,31,33);1H. The van der Waals surface area contributed by atoms with Crippen molar-refractivity contribution in [2.75, 3.05) is 53.2 Å². The Morgan fingerprint density at radius 3 is 2.53 bits per heavy atom. The Hall–Kier alpha value is -3.14. The molecule has 2 aromatic carbocycles. The van der Waals surface area contributed by atoms with Gasteiger partial charge in [0.05, 0.1) is 19.8 Å². The van der Waals surface area contributed by atoms with Crippen LogP contribution in [0.5, 0.6) is 5.75 Å². The van der Waals surface area contributed by atoms with Gasteiger partial charge in [0.25, 0.3) is 5.91 Å². The number of rotatable bonds is 12. The maximum absolute atomic E-state index is 12.8. The van der Waals surface area contributed by atoms with E-state index in [1.165, 1.54) is 0 Å². The van der Waals surface area contributed by atoms with E-state index in [0.717, 1.165) is 35.3 Å². The molecule has 38 heavy (non-hydrogen) atoms. The van der Waals surface area contributed by atoms with Crippen molar-refractivity contribution in [2.45, 2.75) is 32.6 Å². The number of nitrogens with one attached hydrogen (secondary N) is 1. The first kappa shape index (κ1) is 31.1. The van der Waals surface area contributed by atoms with Gasteiger partial charge in [0.2, 0.25) is 5.91 Å². The molecule has 2 aromatic rings. The van der Waals surface area contributed by atoms with Gasteiger partial charge in [-0.2, -0.15) is 0 Å². The molecular weight excluding hydrogens is 508 g/mol. The van der Waals surface area contributed by atoms with E-state index in [-0.39, 0.29) is 36.6 Å². The van der Waals surface area contributed by atoms with E-state index >= 15 is 0 Å². The largest absolute Gasteiger partial charge is 0.493 e. The molecule has 1 saturated heterocycles. The molecule has 0 radical (unpaired) electrons. The third-order valence-corrected chi connectivity index (χ3v) is 5.95. The minimum atomic E-state index is -0.176. The predicted octanol–water partition coefficient (Wildman–Crippen LogP) is 3.44. The molecule has 1 aliphatic rings. The van der Waals surface area contributed by atoms with Crippen molar-refractivity contribution >= 4 is 30.2 Å². The number of aliphatic imine (C=N–C) groups is 1. The van der Waals surface area contributed by atoms with Gasteiger partial charge in [0, 0.05) is 57.3 Å². The third kappa shape index (κ3) is 9.63. The Morgan fingerprint density at radius 2 is 1.84 bits per heavy atom. The van der Waals surface area contributed by atoms with E-state index in [2.05, 4.69) is 10.3 Å². The highest BCUT2D eigenvalue weighted by Gasteiger charge is 2.19. The van der Waals surface area contributed by atoms with Crippen molar-refractivity contribution in [1.29, 1.82) is 0 Å². The number of nitrogens with two attached hydrogens (primary N) is 1. The minimum absolute atomic E-state index is 0. The second-order valence-electron chi connectivity index (χ2n) is 8.82. The lowest BCUT2D eigenvalue weighted by molar-refractivity contribution is -0.119. The highest BCUT2D eigenvalue weighted by molar-refractivity contribution is 5.96. The van der Waals surface area contributed by atoms with Crippen LogP contribution in [0.4, 0.5) is 0 Å². The molecule has 208 valence electrons. The highest BCUT2D eigenvalue weighted by Crippen LogP contribution is 2.32. The maximum Gasteiger partial charge on any atom is 0.254 e. The second kappa shape index (κ2) is 16.7. The Kier molecular flexibility index (Phi) is 13.6. The number of guanidine groups is 1. The second-order valence-corrected chi connectivity index (χ2v) is 8.82. The number of benzene rings is 2. The summed E-state index contributed by atoms with van der Waals surface area (Å²) in [5.41, 5.74) is 9.25. The Bertz CT molecular complexity index is 1060. The number of nitrogens with zero attached hydrogens (tertiary/aromatic N) is 2. The van der Waals surface area contributed by atoms with Crippen LogP contribution >= 0.6 is 12.4 Å². The van der Waals surface area contributed by atoms with E-state index < -0.39 is 0 Å². The van der Waals surface area contributed by atoms with Gasteiger partial charge in [-0.3, -0.25) is 19.9 Å². The summed E-state index contributed by atoms with van der Waals surface area (Å²) in [7, 11) is 1.66. The minimum Gasteiger partial charge on any atom is -0.493 e. The molecule has 0 bridgehead atoms. The van der Waals surface area contributed by atoms with Crippen LogP contribution in [0.1, 0.15) is 42.1 Å². The van der Waals surface area contributed by atoms with Crippen molar-refractivity contribution in [1.82, 2.24) is 10.2 Å². The van der Waals surface area contributed by atoms with Crippen LogP contribution in [0.25, 0.3) is 11.1 Å². The fourth-order valence-electron chi connectivity index (χ4n) is 3.94. The van der Waals surface area contributed by atoms with Crippen molar-refractivity contribution in [2.24, 2.45) is 10.7 Å². The van der Waals surface area contributed by atoms with Crippen LogP contribution in [-0.2, 0) is 20.7 Å². The lowest BCUT2D eigenvalue weighted by Gasteiger charge is -2.26. The molecule has 0 aromatic heterocycles. The van der Waals surface area contributed by atoms with Crippen molar-refractivity contribution in [3.05, 3.63) is 53.6 Å². The Labute approximate surface area is 231 Å². The summed E-state index contributed by atoms with van der Waals surface area (Å²) in [5.74, 6) is 0.717. The molecule has 1 heterocycles. The summed E-state index contributed by atoms with van der Waals surface area (Å²) >= 11 is 0. The Balaban J connectivity index is 0.00000507. The van der Waals surface area contributed by atoms with Crippen LogP contribution in [0.3, 0.4) is 0 Å². The number of methoxy groups -OCH3 is 1. The average molecular weight is 547 g/mol. The number of ether oxygens (including phenoxy) is 3. The van der Waals surface area contributed by atoms with Gasteiger partial charge >= 0.3 is 0 Å². The first-order valence-corrected chi connectivity index (χ1v) is 12.8. The number of morpholine rings is 1. The fourth-order valence-corrected chi connectivity index (χ4v) is 3.94. The molecule has 3 rings (SSSR count). The van der Waals surface area contributed by atoms with Gasteiger partial charge in [-0.15, -0.1) is 12.4 Å². The van der Waals surface area contributed by atoms with Crippen LogP contribution in [-0.4, -0.2) is 75.8 Å². The number of hydrogen-bond acceptors (Lipinski definition) is 6. The zero-order valence-electron chi connectivity index (χ0n) is 22.2. The van der Waals surface area contributed by atoms with E-state index in [1.807, 2.05) is 54.3 Å². The third-order valence-electron chi connectivity index (χ3n) is 5.95. The summed E-state index contributed by atoms with van der Waals surface area (Å²) in [6, 6.07) is 13.5. The molecular formula is C28H39ClN4O5. The molecule has 3 N–H and O–H groups in total. The first-order valence-electron chi connectivity index (χ1n) is 12.8. The molecule has 9 nitrogen and oxygen atoms in total. The van der Waals surface area contributed by atoms with E-state index in [4.69, 9.17) is 19.9 Å². The fraction of sp³-hybridized carbons (Fsp3) is 0.464. The maximum atomic E-state index is 12.8. The zero-order valence-corrected chi connectivity index (χ0v) is 23.1. The monoisotopic (exact) mass is 546 g/mol. The number of carbonyl (C=O) groups is 2. The topological polar surface area (TPSA) is 115 Å². The van der Waals surface area contributed by atoms with Crippen LogP contribution in [0.2, 0.25) is 0 Å². The molecule has 2 amide bonds. The Morgan fingerprint density at radius 1 is 1.11 bits per heavy atom. The molecule has 0 atom stereocenters.